The lowest BCUT2D eigenvalue weighted by Crippen LogP contribution is -2.29. The van der Waals surface area contributed by atoms with Crippen molar-refractivity contribution in [2.45, 2.75) is 18.9 Å². The van der Waals surface area contributed by atoms with Crippen LogP contribution in [0.1, 0.15) is 12.8 Å². The first-order chi connectivity index (χ1) is 9.31. The Morgan fingerprint density at radius 1 is 1.11 bits per heavy atom. The molecule has 1 aliphatic rings. The van der Waals surface area contributed by atoms with Gasteiger partial charge in [0, 0.05) is 52.1 Å². The molecule has 0 unspecified atom stereocenters. The highest BCUT2D eigenvalue weighted by atomic mass is 32.2. The van der Waals surface area contributed by atoms with Crippen molar-refractivity contribution in [3.05, 3.63) is 48.8 Å². The van der Waals surface area contributed by atoms with Gasteiger partial charge in [-0.2, -0.15) is 0 Å². The molecule has 4 heteroatoms. The van der Waals surface area contributed by atoms with E-state index in [4.69, 9.17) is 0 Å². The smallest absolute Gasteiger partial charge is 0.0469 e. The molecule has 1 aliphatic heterocycles. The van der Waals surface area contributed by atoms with Crippen LogP contribution in [0.3, 0.4) is 0 Å². The van der Waals surface area contributed by atoms with Gasteiger partial charge in [-0.25, -0.2) is 0 Å². The second-order valence-corrected chi connectivity index (χ2v) is 6.60. The molecule has 1 fully saturated rings. The van der Waals surface area contributed by atoms with Crippen molar-refractivity contribution in [2.75, 3.05) is 16.8 Å². The van der Waals surface area contributed by atoms with Crippen LogP contribution in [0, 0.1) is 0 Å². The number of nitrogens with zero attached hydrogens (tertiary/aromatic N) is 1. The summed E-state index contributed by atoms with van der Waals surface area (Å²) in [5, 5.41) is 3.56. The van der Waals surface area contributed by atoms with Gasteiger partial charge in [0.05, 0.1) is 0 Å². The number of hydrogen-bond acceptors (Lipinski definition) is 2. The van der Waals surface area contributed by atoms with Crippen molar-refractivity contribution in [1.29, 1.82) is 0 Å². The number of benzene rings is 1. The van der Waals surface area contributed by atoms with E-state index in [0.717, 1.165) is 35.7 Å². The maximum absolute atomic E-state index is 11.4. The number of anilines is 1. The monoisotopic (exact) mass is 274 g/mol. The number of aromatic nitrogens is 1. The molecule has 1 N–H and O–H groups in total. The zero-order chi connectivity index (χ0) is 13.1. The van der Waals surface area contributed by atoms with Gasteiger partial charge in [0.1, 0.15) is 0 Å². The zero-order valence-corrected chi connectivity index (χ0v) is 11.6. The second kappa shape index (κ2) is 5.61. The summed E-state index contributed by atoms with van der Waals surface area (Å²) in [7, 11) is -0.592. The van der Waals surface area contributed by atoms with E-state index in [0.29, 0.717) is 6.04 Å². The van der Waals surface area contributed by atoms with Crippen LogP contribution in [-0.2, 0) is 10.8 Å². The largest absolute Gasteiger partial charge is 0.382 e. The van der Waals surface area contributed by atoms with Crippen molar-refractivity contribution >= 4 is 16.5 Å². The lowest BCUT2D eigenvalue weighted by Gasteiger charge is -2.23. The van der Waals surface area contributed by atoms with Gasteiger partial charge in [0.15, 0.2) is 0 Å². The minimum Gasteiger partial charge on any atom is -0.382 e. The Bertz CT molecular complexity index is 555. The summed E-state index contributed by atoms with van der Waals surface area (Å²) >= 11 is 0. The van der Waals surface area contributed by atoms with E-state index in [-0.39, 0.29) is 0 Å². The van der Waals surface area contributed by atoms with E-state index in [1.807, 2.05) is 24.5 Å². The first-order valence-corrected chi connectivity index (χ1v) is 8.15. The standard InChI is InChI=1S/C15H18N2OS/c18-19-10-6-13(7-11-19)16-14-4-3-5-15(12-14)17-8-1-2-9-17/h1-5,8-9,12-13,16H,6-7,10-11H2. The molecule has 1 saturated heterocycles. The zero-order valence-electron chi connectivity index (χ0n) is 10.8. The number of hydrogen-bond donors (Lipinski definition) is 1. The summed E-state index contributed by atoms with van der Waals surface area (Å²) in [6.07, 6.45) is 6.09. The van der Waals surface area contributed by atoms with E-state index in [9.17, 15) is 4.21 Å². The molecule has 0 spiro atoms. The van der Waals surface area contributed by atoms with Gasteiger partial charge >= 0.3 is 0 Å². The summed E-state index contributed by atoms with van der Waals surface area (Å²) in [5.41, 5.74) is 2.30. The molecule has 3 rings (SSSR count). The average molecular weight is 274 g/mol. The Labute approximate surface area is 116 Å². The number of nitrogens with one attached hydrogen (secondary N) is 1. The quantitative estimate of drug-likeness (QED) is 0.934. The minimum atomic E-state index is -0.592. The molecular formula is C15H18N2OS. The molecule has 3 nitrogen and oxygen atoms in total. The van der Waals surface area contributed by atoms with Crippen LogP contribution < -0.4 is 5.32 Å². The molecule has 0 radical (unpaired) electrons. The SMILES string of the molecule is O=S1CCC(Nc2cccc(-n3cccc3)c2)CC1. The van der Waals surface area contributed by atoms with Crippen LogP contribution >= 0.6 is 0 Å². The van der Waals surface area contributed by atoms with Crippen LogP contribution in [0.2, 0.25) is 0 Å². The van der Waals surface area contributed by atoms with Crippen molar-refractivity contribution in [3.63, 3.8) is 0 Å². The van der Waals surface area contributed by atoms with E-state index in [1.165, 1.54) is 0 Å². The van der Waals surface area contributed by atoms with Crippen molar-refractivity contribution in [3.8, 4) is 5.69 Å². The normalized spacial score (nSPS) is 23.2. The fraction of sp³-hybridized carbons (Fsp3) is 0.333. The maximum Gasteiger partial charge on any atom is 0.0469 e. The van der Waals surface area contributed by atoms with Gasteiger partial charge in [0.2, 0.25) is 0 Å². The van der Waals surface area contributed by atoms with Gasteiger partial charge in [-0.3, -0.25) is 4.21 Å². The summed E-state index contributed by atoms with van der Waals surface area (Å²) in [4.78, 5) is 0. The van der Waals surface area contributed by atoms with Crippen LogP contribution in [0.15, 0.2) is 48.8 Å². The van der Waals surface area contributed by atoms with Gasteiger partial charge < -0.3 is 9.88 Å². The van der Waals surface area contributed by atoms with Gasteiger partial charge in [-0.1, -0.05) is 6.07 Å². The Hall–Kier alpha value is -1.55. The fourth-order valence-electron chi connectivity index (χ4n) is 2.44. The molecule has 19 heavy (non-hydrogen) atoms. The van der Waals surface area contributed by atoms with Gasteiger partial charge in [-0.05, 0) is 43.2 Å². The molecule has 0 amide bonds. The predicted molar refractivity (Wildman–Crippen MR) is 80.3 cm³/mol. The molecule has 1 aromatic heterocycles. The van der Waals surface area contributed by atoms with Gasteiger partial charge in [-0.15, -0.1) is 0 Å². The molecular weight excluding hydrogens is 256 g/mol. The van der Waals surface area contributed by atoms with E-state index >= 15 is 0 Å². The molecule has 0 bridgehead atoms. The van der Waals surface area contributed by atoms with Crippen LogP contribution in [0.4, 0.5) is 5.69 Å². The van der Waals surface area contributed by atoms with Crippen LogP contribution in [-0.4, -0.2) is 26.3 Å². The van der Waals surface area contributed by atoms with Gasteiger partial charge in [0.25, 0.3) is 0 Å². The first-order valence-electron chi connectivity index (χ1n) is 6.66. The molecule has 100 valence electrons. The third-order valence-electron chi connectivity index (χ3n) is 3.51. The highest BCUT2D eigenvalue weighted by Gasteiger charge is 2.17. The predicted octanol–water partition coefficient (Wildman–Crippen LogP) is 2.80. The molecule has 0 aliphatic carbocycles. The maximum atomic E-state index is 11.4. The Balaban J connectivity index is 1.71. The fourth-order valence-corrected chi connectivity index (χ4v) is 3.74. The Morgan fingerprint density at radius 2 is 1.84 bits per heavy atom. The van der Waals surface area contributed by atoms with Crippen molar-refractivity contribution in [2.24, 2.45) is 0 Å². The molecule has 0 atom stereocenters. The first kappa shape index (κ1) is 12.5. The lowest BCUT2D eigenvalue weighted by atomic mass is 10.1. The summed E-state index contributed by atoms with van der Waals surface area (Å²) in [5.74, 6) is 1.66. The third kappa shape index (κ3) is 3.07. The summed E-state index contributed by atoms with van der Waals surface area (Å²) < 4.78 is 13.4. The lowest BCUT2D eigenvalue weighted by molar-refractivity contribution is 0.624. The topological polar surface area (TPSA) is 34.0 Å². The number of rotatable bonds is 3. The highest BCUT2D eigenvalue weighted by Crippen LogP contribution is 2.19. The third-order valence-corrected chi connectivity index (χ3v) is 4.89. The summed E-state index contributed by atoms with van der Waals surface area (Å²) in [6.45, 7) is 0. The molecule has 2 aromatic rings. The van der Waals surface area contributed by atoms with E-state index in [2.05, 4.69) is 34.1 Å². The average Bonchev–Trinajstić information content (AvgIpc) is 2.96. The Morgan fingerprint density at radius 3 is 2.58 bits per heavy atom. The van der Waals surface area contributed by atoms with E-state index in [1.54, 1.807) is 0 Å². The van der Waals surface area contributed by atoms with Crippen LogP contribution in [0.25, 0.3) is 5.69 Å². The minimum absolute atomic E-state index is 0.456. The molecule has 1 aromatic carbocycles. The Kier molecular flexibility index (Phi) is 3.69. The molecule has 0 saturated carbocycles. The highest BCUT2D eigenvalue weighted by molar-refractivity contribution is 7.85. The summed E-state index contributed by atoms with van der Waals surface area (Å²) in [6, 6.07) is 12.9. The van der Waals surface area contributed by atoms with Crippen molar-refractivity contribution in [1.82, 2.24) is 4.57 Å². The van der Waals surface area contributed by atoms with Crippen LogP contribution in [0.5, 0.6) is 0 Å². The molecule has 2 heterocycles. The second-order valence-electron chi connectivity index (χ2n) is 4.91. The van der Waals surface area contributed by atoms with E-state index < -0.39 is 10.8 Å². The van der Waals surface area contributed by atoms with Crippen molar-refractivity contribution < 1.29 is 4.21 Å².